The van der Waals surface area contributed by atoms with Crippen LogP contribution >= 0.6 is 0 Å². The molecular weight excluding hydrogens is 420 g/mol. The SMILES string of the molecule is CC(=O)O[C@H]1[C@H]2OC(c3ccccc3)OC[C@H]2OC(O)[C@]1(CC[Si](C)(C)C)OC(C)=O. The number of aliphatic hydroxyl groups excluding tert-OH is 1. The molecule has 31 heavy (non-hydrogen) atoms. The number of fused-ring (bicyclic) bond motifs is 1. The molecule has 2 unspecified atom stereocenters. The molecule has 0 radical (unpaired) electrons. The first kappa shape index (κ1) is 23.9. The molecule has 0 spiro atoms. The summed E-state index contributed by atoms with van der Waals surface area (Å²) in [6.07, 6.45) is -4.42. The van der Waals surface area contributed by atoms with Crippen LogP contribution < -0.4 is 0 Å². The van der Waals surface area contributed by atoms with E-state index in [1.165, 1.54) is 13.8 Å². The molecule has 3 rings (SSSR count). The summed E-state index contributed by atoms with van der Waals surface area (Å²) in [5, 5.41) is 11.0. The van der Waals surface area contributed by atoms with Crippen LogP contribution in [-0.2, 0) is 33.3 Å². The van der Waals surface area contributed by atoms with E-state index in [0.29, 0.717) is 6.04 Å². The van der Waals surface area contributed by atoms with Gasteiger partial charge in [0.25, 0.3) is 0 Å². The van der Waals surface area contributed by atoms with Crippen molar-refractivity contribution in [1.29, 1.82) is 0 Å². The molecular formula is C22H32O8Si. The average Bonchev–Trinajstić information content (AvgIpc) is 2.69. The lowest BCUT2D eigenvalue weighted by Gasteiger charge is -2.53. The van der Waals surface area contributed by atoms with Crippen molar-refractivity contribution in [3.05, 3.63) is 35.9 Å². The van der Waals surface area contributed by atoms with E-state index < -0.39 is 56.5 Å². The maximum Gasteiger partial charge on any atom is 0.303 e. The molecule has 0 bridgehead atoms. The van der Waals surface area contributed by atoms with E-state index in [1.54, 1.807) is 0 Å². The van der Waals surface area contributed by atoms with Crippen LogP contribution in [0.2, 0.25) is 25.7 Å². The molecule has 1 aromatic rings. The molecule has 1 aromatic carbocycles. The largest absolute Gasteiger partial charge is 0.455 e. The lowest BCUT2D eigenvalue weighted by Crippen LogP contribution is -2.70. The molecule has 0 amide bonds. The molecule has 0 aliphatic carbocycles. The number of rotatable bonds is 6. The number of carbonyl (C=O) groups excluding carboxylic acids is 2. The summed E-state index contributed by atoms with van der Waals surface area (Å²) in [6.45, 7) is 9.18. The van der Waals surface area contributed by atoms with E-state index in [2.05, 4.69) is 19.6 Å². The fraction of sp³-hybridized carbons (Fsp3) is 0.636. The zero-order valence-electron chi connectivity index (χ0n) is 18.7. The molecule has 2 aliphatic rings. The molecule has 0 saturated carbocycles. The third-order valence-corrected chi connectivity index (χ3v) is 7.27. The summed E-state index contributed by atoms with van der Waals surface area (Å²) in [4.78, 5) is 24.1. The van der Waals surface area contributed by atoms with Gasteiger partial charge in [-0.15, -0.1) is 0 Å². The standard InChI is InChI=1S/C22H32O8Si/c1-14(23)27-19-18-17(13-26-20(29-18)16-9-7-6-8-10-16)28-21(25)22(19,30-15(2)24)11-12-31(3,4)5/h6-10,17-21,25H,11-13H2,1-5H3/t17-,18+,19+,20?,21?,22-/m1/s1. The topological polar surface area (TPSA) is 101 Å². The van der Waals surface area contributed by atoms with Gasteiger partial charge in [0.05, 0.1) is 6.61 Å². The van der Waals surface area contributed by atoms with E-state index in [4.69, 9.17) is 23.7 Å². The first-order valence-electron chi connectivity index (χ1n) is 10.5. The van der Waals surface area contributed by atoms with Gasteiger partial charge in [0.15, 0.2) is 18.7 Å². The van der Waals surface area contributed by atoms with Gasteiger partial charge in [-0.1, -0.05) is 56.0 Å². The highest BCUT2D eigenvalue weighted by Crippen LogP contribution is 2.44. The van der Waals surface area contributed by atoms with Crippen molar-refractivity contribution in [3.8, 4) is 0 Å². The van der Waals surface area contributed by atoms with E-state index in [-0.39, 0.29) is 13.0 Å². The van der Waals surface area contributed by atoms with Crippen molar-refractivity contribution >= 4 is 20.0 Å². The van der Waals surface area contributed by atoms with Crippen molar-refractivity contribution in [2.45, 2.75) is 82.4 Å². The van der Waals surface area contributed by atoms with Crippen LogP contribution in [0.3, 0.4) is 0 Å². The Kier molecular flexibility index (Phi) is 7.22. The van der Waals surface area contributed by atoms with Gasteiger partial charge >= 0.3 is 11.9 Å². The third kappa shape index (κ3) is 5.53. The van der Waals surface area contributed by atoms with Crippen LogP contribution in [0.25, 0.3) is 0 Å². The Hall–Kier alpha value is -1.78. The monoisotopic (exact) mass is 452 g/mol. The normalized spacial score (nSPS) is 33.3. The van der Waals surface area contributed by atoms with Crippen LogP contribution in [0, 0.1) is 0 Å². The van der Waals surface area contributed by atoms with E-state index >= 15 is 0 Å². The zero-order valence-corrected chi connectivity index (χ0v) is 19.7. The molecule has 172 valence electrons. The summed E-state index contributed by atoms with van der Waals surface area (Å²) in [5.74, 6) is -1.16. The second-order valence-electron chi connectivity index (χ2n) is 9.34. The number of esters is 2. The molecule has 6 atom stereocenters. The third-order valence-electron chi connectivity index (χ3n) is 5.52. The van der Waals surface area contributed by atoms with Crippen molar-refractivity contribution in [1.82, 2.24) is 0 Å². The molecule has 2 heterocycles. The quantitative estimate of drug-likeness (QED) is 0.519. The molecule has 2 fully saturated rings. The number of ether oxygens (including phenoxy) is 5. The zero-order chi connectivity index (χ0) is 22.8. The minimum atomic E-state index is -1.61. The summed E-state index contributed by atoms with van der Waals surface area (Å²) in [6, 6.07) is 10.1. The number of hydrogen-bond donors (Lipinski definition) is 1. The fourth-order valence-electron chi connectivity index (χ4n) is 4.02. The van der Waals surface area contributed by atoms with Crippen molar-refractivity contribution in [3.63, 3.8) is 0 Å². The van der Waals surface area contributed by atoms with Gasteiger partial charge in [-0.3, -0.25) is 9.59 Å². The van der Waals surface area contributed by atoms with Gasteiger partial charge in [0, 0.05) is 27.5 Å². The molecule has 2 aliphatic heterocycles. The van der Waals surface area contributed by atoms with E-state index in [9.17, 15) is 14.7 Å². The first-order chi connectivity index (χ1) is 14.5. The summed E-state index contributed by atoms with van der Waals surface area (Å²) in [5.41, 5.74) is -0.772. The molecule has 8 nitrogen and oxygen atoms in total. The predicted molar refractivity (Wildman–Crippen MR) is 114 cm³/mol. The summed E-state index contributed by atoms with van der Waals surface area (Å²) < 4.78 is 29.2. The van der Waals surface area contributed by atoms with Gasteiger partial charge in [-0.2, -0.15) is 0 Å². The minimum absolute atomic E-state index is 0.128. The van der Waals surface area contributed by atoms with Crippen LogP contribution in [0.15, 0.2) is 30.3 Å². The predicted octanol–water partition coefficient (Wildman–Crippen LogP) is 2.78. The Labute approximate surface area is 183 Å². The van der Waals surface area contributed by atoms with Crippen molar-refractivity contribution in [2.75, 3.05) is 6.61 Å². The van der Waals surface area contributed by atoms with Gasteiger partial charge in [0.2, 0.25) is 5.60 Å². The number of hydrogen-bond acceptors (Lipinski definition) is 8. The Bertz CT molecular complexity index is 779. The number of carbonyl (C=O) groups is 2. The summed E-state index contributed by atoms with van der Waals surface area (Å²) >= 11 is 0. The van der Waals surface area contributed by atoms with Crippen molar-refractivity contribution in [2.24, 2.45) is 0 Å². The Balaban J connectivity index is 1.98. The lowest BCUT2D eigenvalue weighted by molar-refractivity contribution is -0.381. The van der Waals surface area contributed by atoms with Gasteiger partial charge in [0.1, 0.15) is 12.2 Å². The van der Waals surface area contributed by atoms with E-state index in [0.717, 1.165) is 5.56 Å². The first-order valence-corrected chi connectivity index (χ1v) is 14.2. The second-order valence-corrected chi connectivity index (χ2v) is 15.0. The minimum Gasteiger partial charge on any atom is -0.455 e. The molecule has 2 saturated heterocycles. The smallest absolute Gasteiger partial charge is 0.303 e. The number of benzene rings is 1. The van der Waals surface area contributed by atoms with Crippen LogP contribution in [0.1, 0.15) is 32.1 Å². The molecule has 1 N–H and O–H groups in total. The van der Waals surface area contributed by atoms with Crippen LogP contribution in [-0.4, -0.2) is 61.9 Å². The van der Waals surface area contributed by atoms with Crippen LogP contribution in [0.5, 0.6) is 0 Å². The highest BCUT2D eigenvalue weighted by atomic mass is 28.3. The van der Waals surface area contributed by atoms with Gasteiger partial charge in [-0.05, 0) is 6.42 Å². The maximum atomic E-state index is 12.1. The Morgan fingerprint density at radius 1 is 1.13 bits per heavy atom. The molecule has 9 heteroatoms. The van der Waals surface area contributed by atoms with E-state index in [1.807, 2.05) is 30.3 Å². The average molecular weight is 453 g/mol. The van der Waals surface area contributed by atoms with Crippen LogP contribution in [0.4, 0.5) is 0 Å². The van der Waals surface area contributed by atoms with Crippen molar-refractivity contribution < 1.29 is 38.4 Å². The lowest BCUT2D eigenvalue weighted by atomic mass is 9.83. The maximum absolute atomic E-state index is 12.1. The highest BCUT2D eigenvalue weighted by Gasteiger charge is 2.62. The highest BCUT2D eigenvalue weighted by molar-refractivity contribution is 6.76. The Morgan fingerprint density at radius 3 is 2.39 bits per heavy atom. The number of aliphatic hydroxyl groups is 1. The fourth-order valence-corrected chi connectivity index (χ4v) is 5.16. The second kappa shape index (κ2) is 9.38. The van der Waals surface area contributed by atoms with Gasteiger partial charge in [-0.25, -0.2) is 0 Å². The van der Waals surface area contributed by atoms with Gasteiger partial charge < -0.3 is 28.8 Å². The summed E-state index contributed by atoms with van der Waals surface area (Å²) in [7, 11) is -1.61. The molecule has 0 aromatic heterocycles. The Morgan fingerprint density at radius 2 is 1.81 bits per heavy atom.